The molecule has 192 valence electrons. The lowest BCUT2D eigenvalue weighted by molar-refractivity contribution is -0.136. The lowest BCUT2D eigenvalue weighted by Crippen LogP contribution is -2.37. The van der Waals surface area contributed by atoms with Crippen molar-refractivity contribution in [3.05, 3.63) is 71.3 Å². The molecule has 0 aromatic heterocycles. The number of rotatable bonds is 9. The predicted molar refractivity (Wildman–Crippen MR) is 142 cm³/mol. The van der Waals surface area contributed by atoms with Crippen molar-refractivity contribution < 1.29 is 14.3 Å². The fraction of sp³-hybridized carbons (Fsp3) is 0.500. The van der Waals surface area contributed by atoms with Gasteiger partial charge in [0.2, 0.25) is 11.8 Å². The van der Waals surface area contributed by atoms with Crippen molar-refractivity contribution in [2.45, 2.75) is 65.3 Å². The van der Waals surface area contributed by atoms with Crippen LogP contribution in [0.4, 0.5) is 0 Å². The fourth-order valence-corrected chi connectivity index (χ4v) is 5.11. The molecule has 1 aliphatic heterocycles. The molecule has 0 radical (unpaired) electrons. The first-order chi connectivity index (χ1) is 17.4. The Morgan fingerprint density at radius 1 is 1.08 bits per heavy atom. The molecule has 1 aliphatic carbocycles. The van der Waals surface area contributed by atoms with Crippen LogP contribution in [0.15, 0.2) is 59.7 Å². The summed E-state index contributed by atoms with van der Waals surface area (Å²) in [5.41, 5.74) is 2.82. The molecular weight excluding hydrogens is 450 g/mol. The van der Waals surface area contributed by atoms with E-state index in [-0.39, 0.29) is 30.3 Å². The van der Waals surface area contributed by atoms with Gasteiger partial charge in [-0.25, -0.2) is 5.01 Å². The highest BCUT2D eigenvalue weighted by molar-refractivity contribution is 5.97. The molecule has 36 heavy (non-hydrogen) atoms. The molecule has 4 rings (SSSR count). The zero-order valence-corrected chi connectivity index (χ0v) is 21.8. The minimum Gasteiger partial charge on any atom is -0.466 e. The minimum atomic E-state index is -0.181. The molecule has 2 aliphatic rings. The van der Waals surface area contributed by atoms with Crippen LogP contribution in [0.3, 0.4) is 0 Å². The molecule has 1 N–H and O–H groups in total. The Morgan fingerprint density at radius 3 is 2.44 bits per heavy atom. The van der Waals surface area contributed by atoms with Crippen LogP contribution in [0.25, 0.3) is 0 Å². The van der Waals surface area contributed by atoms with Gasteiger partial charge in [0.1, 0.15) is 0 Å². The number of nitrogens with one attached hydrogen (secondary N) is 1. The molecule has 6 heteroatoms. The van der Waals surface area contributed by atoms with Gasteiger partial charge in [-0.15, -0.1) is 5.10 Å². The van der Waals surface area contributed by atoms with Gasteiger partial charge in [0.15, 0.2) is 6.61 Å². The van der Waals surface area contributed by atoms with E-state index in [9.17, 15) is 9.59 Å². The molecule has 0 saturated heterocycles. The first kappa shape index (κ1) is 25.9. The van der Waals surface area contributed by atoms with Crippen molar-refractivity contribution in [1.82, 2.24) is 10.3 Å². The van der Waals surface area contributed by atoms with E-state index < -0.39 is 0 Å². The topological polar surface area (TPSA) is 71.0 Å². The van der Waals surface area contributed by atoms with Gasteiger partial charge in [-0.2, -0.15) is 0 Å². The largest absolute Gasteiger partial charge is 0.466 e. The van der Waals surface area contributed by atoms with Crippen molar-refractivity contribution in [1.29, 1.82) is 0 Å². The molecule has 1 heterocycles. The lowest BCUT2D eigenvalue weighted by Gasteiger charge is -2.28. The summed E-state index contributed by atoms with van der Waals surface area (Å²) in [5, 5.41) is 9.17. The Kier molecular flexibility index (Phi) is 8.79. The van der Waals surface area contributed by atoms with E-state index in [4.69, 9.17) is 4.74 Å². The molecule has 2 aromatic rings. The number of carbonyl (C=O) groups is 2. The maximum atomic E-state index is 13.3. The van der Waals surface area contributed by atoms with Crippen LogP contribution in [0.2, 0.25) is 0 Å². The van der Waals surface area contributed by atoms with Gasteiger partial charge in [-0.1, -0.05) is 82.5 Å². The number of amides is 2. The van der Waals surface area contributed by atoms with E-state index in [0.29, 0.717) is 18.4 Å². The molecule has 2 amide bonds. The third-order valence-corrected chi connectivity index (χ3v) is 7.72. The van der Waals surface area contributed by atoms with Crippen LogP contribution in [0, 0.1) is 17.8 Å². The Balaban J connectivity index is 1.42. The van der Waals surface area contributed by atoms with Gasteiger partial charge >= 0.3 is 0 Å². The molecule has 0 bridgehead atoms. The summed E-state index contributed by atoms with van der Waals surface area (Å²) in [7, 11) is 0. The molecule has 0 spiro atoms. The highest BCUT2D eigenvalue weighted by atomic mass is 16.5. The van der Waals surface area contributed by atoms with Crippen LogP contribution >= 0.6 is 0 Å². The van der Waals surface area contributed by atoms with Crippen LogP contribution in [-0.2, 0) is 20.9 Å². The summed E-state index contributed by atoms with van der Waals surface area (Å²) in [5.74, 6) is 1.86. The summed E-state index contributed by atoms with van der Waals surface area (Å²) < 4.78 is 5.55. The first-order valence-corrected chi connectivity index (χ1v) is 13.4. The van der Waals surface area contributed by atoms with E-state index in [0.717, 1.165) is 35.6 Å². The second-order valence-corrected chi connectivity index (χ2v) is 10.5. The van der Waals surface area contributed by atoms with Gasteiger partial charge in [-0.05, 0) is 53.9 Å². The Hall–Kier alpha value is -3.15. The number of hydrogen-bond donors (Lipinski definition) is 1. The van der Waals surface area contributed by atoms with E-state index in [2.05, 4.69) is 31.2 Å². The number of hydrogen-bond acceptors (Lipinski definition) is 4. The Morgan fingerprint density at radius 2 is 1.78 bits per heavy atom. The van der Waals surface area contributed by atoms with E-state index >= 15 is 0 Å². The number of carbonyl (C=O) groups excluding carboxylic acids is 2. The normalized spacial score (nSPS) is 21.8. The summed E-state index contributed by atoms with van der Waals surface area (Å²) in [6.07, 6.45) is 5.87. The van der Waals surface area contributed by atoms with Gasteiger partial charge in [0, 0.05) is 12.1 Å². The first-order valence-electron chi connectivity index (χ1n) is 13.4. The van der Waals surface area contributed by atoms with Gasteiger partial charge < -0.3 is 10.1 Å². The molecule has 2 aromatic carbocycles. The van der Waals surface area contributed by atoms with Crippen molar-refractivity contribution in [3.63, 3.8) is 0 Å². The zero-order valence-electron chi connectivity index (χ0n) is 21.8. The summed E-state index contributed by atoms with van der Waals surface area (Å²) in [6.45, 7) is 7.71. The lowest BCUT2D eigenvalue weighted by atomic mass is 9.82. The third-order valence-electron chi connectivity index (χ3n) is 7.72. The molecule has 2 atom stereocenters. The summed E-state index contributed by atoms with van der Waals surface area (Å²) in [4.78, 5) is 25.7. The van der Waals surface area contributed by atoms with Crippen LogP contribution < -0.4 is 5.32 Å². The third kappa shape index (κ3) is 6.54. The molecule has 6 nitrogen and oxygen atoms in total. The highest BCUT2D eigenvalue weighted by Gasteiger charge is 2.28. The van der Waals surface area contributed by atoms with Gasteiger partial charge in [0.25, 0.3) is 5.91 Å². The van der Waals surface area contributed by atoms with E-state index in [1.807, 2.05) is 54.6 Å². The minimum absolute atomic E-state index is 0.0258. The SMILES string of the molecule is CCC(C)C(C(=O)NCC1CCC(C)CC1)c1ccc(CN2N=C(c3ccccc3)OCC2=O)cc1. The maximum Gasteiger partial charge on any atom is 0.281 e. The number of ether oxygens (including phenoxy) is 1. The highest BCUT2D eigenvalue weighted by Crippen LogP contribution is 2.30. The molecule has 1 fully saturated rings. The Bertz CT molecular complexity index is 1040. The van der Waals surface area contributed by atoms with Gasteiger partial charge in [-0.3, -0.25) is 9.59 Å². The molecule has 2 unspecified atom stereocenters. The number of nitrogens with zero attached hydrogens (tertiary/aromatic N) is 2. The van der Waals surface area contributed by atoms with Crippen molar-refractivity contribution in [2.75, 3.05) is 13.2 Å². The van der Waals surface area contributed by atoms with Crippen molar-refractivity contribution in [3.8, 4) is 0 Å². The number of benzene rings is 2. The average molecular weight is 490 g/mol. The Labute approximate surface area is 215 Å². The van der Waals surface area contributed by atoms with Crippen molar-refractivity contribution >= 4 is 17.7 Å². The predicted octanol–water partition coefficient (Wildman–Crippen LogP) is 5.48. The molecule has 1 saturated carbocycles. The van der Waals surface area contributed by atoms with Crippen molar-refractivity contribution in [2.24, 2.45) is 22.9 Å². The second kappa shape index (κ2) is 12.2. The summed E-state index contributed by atoms with van der Waals surface area (Å²) >= 11 is 0. The second-order valence-electron chi connectivity index (χ2n) is 10.5. The van der Waals surface area contributed by atoms with Crippen LogP contribution in [0.1, 0.15) is 75.5 Å². The monoisotopic (exact) mass is 489 g/mol. The fourth-order valence-electron chi connectivity index (χ4n) is 5.11. The van der Waals surface area contributed by atoms with Crippen LogP contribution in [0.5, 0.6) is 0 Å². The van der Waals surface area contributed by atoms with E-state index in [1.165, 1.54) is 30.7 Å². The van der Waals surface area contributed by atoms with E-state index in [1.54, 1.807) is 0 Å². The average Bonchev–Trinajstić information content (AvgIpc) is 2.91. The number of hydrazone groups is 1. The zero-order chi connectivity index (χ0) is 25.5. The maximum absolute atomic E-state index is 13.3. The molecular formula is C30H39N3O3. The summed E-state index contributed by atoms with van der Waals surface area (Å²) in [6, 6.07) is 17.7. The van der Waals surface area contributed by atoms with Gasteiger partial charge in [0.05, 0.1) is 12.5 Å². The smallest absolute Gasteiger partial charge is 0.281 e. The quantitative estimate of drug-likeness (QED) is 0.507. The van der Waals surface area contributed by atoms with Crippen LogP contribution in [-0.4, -0.2) is 35.9 Å². The standard InChI is InChI=1S/C30H39N3O3/c1-4-22(3)28(29(35)31-18-23-12-10-21(2)11-13-23)25-16-14-24(15-17-25)19-33-27(34)20-36-30(32-33)26-8-6-5-7-9-26/h5-9,14-17,21-23,28H,4,10-13,18-20H2,1-3H3,(H,31,35).